The Morgan fingerprint density at radius 1 is 1.57 bits per heavy atom. The normalized spacial score (nSPS) is 23.9. The molecule has 14 heavy (non-hydrogen) atoms. The van der Waals surface area contributed by atoms with Crippen LogP contribution in [0.5, 0.6) is 0 Å². The van der Waals surface area contributed by atoms with Crippen molar-refractivity contribution in [2.75, 3.05) is 40.8 Å². The molecule has 0 aromatic carbocycles. The number of nitrogens with zero attached hydrogens (tertiary/aromatic N) is 2. The minimum atomic E-state index is -0.135. The molecule has 0 N–H and O–H groups in total. The van der Waals surface area contributed by atoms with E-state index in [1.54, 1.807) is 0 Å². The Hall–Kier alpha value is -0.610. The van der Waals surface area contributed by atoms with Crippen molar-refractivity contribution >= 4 is 5.97 Å². The van der Waals surface area contributed by atoms with E-state index in [1.807, 2.05) is 0 Å². The molecule has 0 saturated carbocycles. The van der Waals surface area contributed by atoms with E-state index in [9.17, 15) is 4.79 Å². The minimum Gasteiger partial charge on any atom is -0.468 e. The predicted octanol–water partition coefficient (Wildman–Crippen LogP) is 0.185. The number of carbonyl (C=O) groups is 1. The zero-order chi connectivity index (χ0) is 10.6. The Bertz CT molecular complexity index is 195. The second-order valence-corrected chi connectivity index (χ2v) is 4.07. The van der Waals surface area contributed by atoms with Crippen LogP contribution in [-0.4, -0.2) is 62.7 Å². The maximum Gasteiger partial charge on any atom is 0.319 e. The molecular weight excluding hydrogens is 180 g/mol. The average Bonchev–Trinajstić information content (AvgIpc) is 2.18. The fourth-order valence-corrected chi connectivity index (χ4v) is 1.84. The molecule has 1 heterocycles. The Morgan fingerprint density at radius 2 is 2.29 bits per heavy atom. The molecule has 1 aliphatic rings. The number of piperidine rings is 1. The van der Waals surface area contributed by atoms with E-state index in [1.165, 1.54) is 20.0 Å². The van der Waals surface area contributed by atoms with Gasteiger partial charge in [-0.1, -0.05) is 0 Å². The summed E-state index contributed by atoms with van der Waals surface area (Å²) in [6.45, 7) is 2.42. The number of likely N-dealkylation sites (N-methyl/N-ethyl adjacent to an activating group) is 1. The van der Waals surface area contributed by atoms with Gasteiger partial charge < -0.3 is 9.64 Å². The van der Waals surface area contributed by atoms with Crippen molar-refractivity contribution in [1.82, 2.24) is 9.80 Å². The minimum absolute atomic E-state index is 0.135. The van der Waals surface area contributed by atoms with Gasteiger partial charge >= 0.3 is 5.97 Å². The Balaban J connectivity index is 2.36. The molecule has 82 valence electrons. The Morgan fingerprint density at radius 3 is 2.86 bits per heavy atom. The van der Waals surface area contributed by atoms with Crippen LogP contribution in [0.1, 0.15) is 12.8 Å². The first-order chi connectivity index (χ1) is 6.63. The molecule has 0 aromatic rings. The maximum atomic E-state index is 11.1. The monoisotopic (exact) mass is 200 g/mol. The van der Waals surface area contributed by atoms with E-state index < -0.39 is 0 Å². The van der Waals surface area contributed by atoms with Gasteiger partial charge in [0.15, 0.2) is 0 Å². The van der Waals surface area contributed by atoms with Crippen LogP contribution >= 0.6 is 0 Å². The highest BCUT2D eigenvalue weighted by atomic mass is 16.5. The number of hydrogen-bond acceptors (Lipinski definition) is 4. The molecule has 1 unspecified atom stereocenters. The molecule has 1 atom stereocenters. The Kier molecular flexibility index (Phi) is 4.35. The van der Waals surface area contributed by atoms with Crippen molar-refractivity contribution in [3.63, 3.8) is 0 Å². The third-order valence-corrected chi connectivity index (χ3v) is 2.79. The topological polar surface area (TPSA) is 32.8 Å². The summed E-state index contributed by atoms with van der Waals surface area (Å²) in [5, 5.41) is 0. The number of rotatable bonds is 3. The second-order valence-electron chi connectivity index (χ2n) is 4.07. The molecule has 1 fully saturated rings. The van der Waals surface area contributed by atoms with Crippen LogP contribution in [0.3, 0.4) is 0 Å². The van der Waals surface area contributed by atoms with Gasteiger partial charge in [0.1, 0.15) is 0 Å². The van der Waals surface area contributed by atoms with Gasteiger partial charge in [-0.15, -0.1) is 0 Å². The van der Waals surface area contributed by atoms with Crippen LogP contribution < -0.4 is 0 Å². The van der Waals surface area contributed by atoms with Gasteiger partial charge in [0, 0.05) is 12.6 Å². The van der Waals surface area contributed by atoms with Crippen molar-refractivity contribution in [3.8, 4) is 0 Å². The lowest BCUT2D eigenvalue weighted by molar-refractivity contribution is -0.142. The van der Waals surface area contributed by atoms with Crippen LogP contribution in [0.4, 0.5) is 0 Å². The molecule has 0 aromatic heterocycles. The van der Waals surface area contributed by atoms with Gasteiger partial charge in [-0.2, -0.15) is 0 Å². The SMILES string of the molecule is COC(=O)CN1CCCC(N(C)C)C1. The van der Waals surface area contributed by atoms with Crippen molar-refractivity contribution in [3.05, 3.63) is 0 Å². The van der Waals surface area contributed by atoms with Crippen molar-refractivity contribution in [2.45, 2.75) is 18.9 Å². The number of esters is 1. The van der Waals surface area contributed by atoms with Crippen molar-refractivity contribution in [2.24, 2.45) is 0 Å². The summed E-state index contributed by atoms with van der Waals surface area (Å²) < 4.78 is 4.65. The zero-order valence-corrected chi connectivity index (χ0v) is 9.32. The largest absolute Gasteiger partial charge is 0.468 e. The fourth-order valence-electron chi connectivity index (χ4n) is 1.84. The smallest absolute Gasteiger partial charge is 0.319 e. The standard InChI is InChI=1S/C10H20N2O2/c1-11(2)9-5-4-6-12(7-9)8-10(13)14-3/h9H,4-8H2,1-3H3. The highest BCUT2D eigenvalue weighted by molar-refractivity contribution is 5.71. The summed E-state index contributed by atoms with van der Waals surface area (Å²) in [5.74, 6) is -0.135. The Labute approximate surface area is 85.8 Å². The molecule has 0 spiro atoms. The molecule has 0 radical (unpaired) electrons. The lowest BCUT2D eigenvalue weighted by atomic mass is 10.1. The number of likely N-dealkylation sites (tertiary alicyclic amines) is 1. The van der Waals surface area contributed by atoms with E-state index in [2.05, 4.69) is 28.6 Å². The lowest BCUT2D eigenvalue weighted by Gasteiger charge is -2.35. The number of carbonyl (C=O) groups excluding carboxylic acids is 1. The third-order valence-electron chi connectivity index (χ3n) is 2.79. The van der Waals surface area contributed by atoms with Crippen molar-refractivity contribution < 1.29 is 9.53 Å². The first kappa shape index (κ1) is 11.5. The summed E-state index contributed by atoms with van der Waals surface area (Å²) in [7, 11) is 5.62. The summed E-state index contributed by atoms with van der Waals surface area (Å²) in [6, 6.07) is 0.577. The van der Waals surface area contributed by atoms with Gasteiger partial charge in [0.2, 0.25) is 0 Å². The van der Waals surface area contributed by atoms with Gasteiger partial charge in [-0.3, -0.25) is 9.69 Å². The van der Waals surface area contributed by atoms with E-state index in [4.69, 9.17) is 0 Å². The summed E-state index contributed by atoms with van der Waals surface area (Å²) in [6.07, 6.45) is 2.39. The van der Waals surface area contributed by atoms with Crippen LogP contribution in [0.15, 0.2) is 0 Å². The highest BCUT2D eigenvalue weighted by Gasteiger charge is 2.22. The van der Waals surface area contributed by atoms with Gasteiger partial charge in [-0.25, -0.2) is 0 Å². The van der Waals surface area contributed by atoms with Crippen LogP contribution in [0.2, 0.25) is 0 Å². The molecule has 4 heteroatoms. The van der Waals surface area contributed by atoms with E-state index in [-0.39, 0.29) is 5.97 Å². The second kappa shape index (κ2) is 5.32. The predicted molar refractivity (Wildman–Crippen MR) is 55.2 cm³/mol. The molecule has 0 amide bonds. The quantitative estimate of drug-likeness (QED) is 0.609. The van der Waals surface area contributed by atoms with E-state index in [0.717, 1.165) is 13.1 Å². The van der Waals surface area contributed by atoms with Crippen LogP contribution in [-0.2, 0) is 9.53 Å². The first-order valence-electron chi connectivity index (χ1n) is 5.09. The molecule has 1 aliphatic heterocycles. The van der Waals surface area contributed by atoms with Gasteiger partial charge in [0.05, 0.1) is 13.7 Å². The number of hydrogen-bond donors (Lipinski definition) is 0. The number of methoxy groups -OCH3 is 1. The first-order valence-corrected chi connectivity index (χ1v) is 5.09. The lowest BCUT2D eigenvalue weighted by Crippen LogP contribution is -2.46. The van der Waals surface area contributed by atoms with Crippen molar-refractivity contribution in [1.29, 1.82) is 0 Å². The molecular formula is C10H20N2O2. The highest BCUT2D eigenvalue weighted by Crippen LogP contribution is 2.13. The molecule has 1 rings (SSSR count). The molecule has 0 bridgehead atoms. The number of ether oxygens (including phenoxy) is 1. The zero-order valence-electron chi connectivity index (χ0n) is 9.32. The van der Waals surface area contributed by atoms with E-state index in [0.29, 0.717) is 12.6 Å². The average molecular weight is 200 g/mol. The molecule has 1 saturated heterocycles. The van der Waals surface area contributed by atoms with Gasteiger partial charge in [-0.05, 0) is 33.5 Å². The van der Waals surface area contributed by atoms with Crippen LogP contribution in [0, 0.1) is 0 Å². The maximum absolute atomic E-state index is 11.1. The molecule has 4 nitrogen and oxygen atoms in total. The molecule has 0 aliphatic carbocycles. The van der Waals surface area contributed by atoms with E-state index >= 15 is 0 Å². The summed E-state index contributed by atoms with van der Waals surface area (Å²) >= 11 is 0. The third kappa shape index (κ3) is 3.27. The van der Waals surface area contributed by atoms with Gasteiger partial charge in [0.25, 0.3) is 0 Å². The van der Waals surface area contributed by atoms with Crippen LogP contribution in [0.25, 0.3) is 0 Å². The summed E-state index contributed by atoms with van der Waals surface area (Å²) in [4.78, 5) is 15.5. The fraction of sp³-hybridized carbons (Fsp3) is 0.900. The summed E-state index contributed by atoms with van der Waals surface area (Å²) in [5.41, 5.74) is 0.